The zero-order valence-electron chi connectivity index (χ0n) is 9.70. The number of carbonyl (C=O) groups is 1. The molecule has 0 amide bonds. The quantitative estimate of drug-likeness (QED) is 0.572. The van der Waals surface area contributed by atoms with Gasteiger partial charge in [-0.25, -0.2) is 0 Å². The molecule has 1 aromatic rings. The molecule has 0 radical (unpaired) electrons. The largest absolute Gasteiger partial charge is 0.293 e. The van der Waals surface area contributed by atoms with Crippen LogP contribution in [0.1, 0.15) is 30.6 Å². The topological polar surface area (TPSA) is 17.1 Å². The Bertz CT molecular complexity index is 350. The molecule has 1 nitrogen and oxygen atoms in total. The number of benzene rings is 1. The van der Waals surface area contributed by atoms with E-state index in [2.05, 4.69) is 29.8 Å². The van der Waals surface area contributed by atoms with Crippen LogP contribution in [-0.4, -0.2) is 17.3 Å². The van der Waals surface area contributed by atoms with Crippen molar-refractivity contribution in [1.82, 2.24) is 0 Å². The lowest BCUT2D eigenvalue weighted by Gasteiger charge is -2.05. The SMILES string of the molecule is CC(C)CCSCC(=O)c1ccccc1Br. The summed E-state index contributed by atoms with van der Waals surface area (Å²) in [5.41, 5.74) is 0.791. The smallest absolute Gasteiger partial charge is 0.173 e. The molecule has 0 aromatic heterocycles. The van der Waals surface area contributed by atoms with Gasteiger partial charge in [-0.3, -0.25) is 4.79 Å². The second kappa shape index (κ2) is 7.13. The lowest BCUT2D eigenvalue weighted by atomic mass is 10.1. The van der Waals surface area contributed by atoms with Crippen LogP contribution in [0, 0.1) is 5.92 Å². The first-order valence-corrected chi connectivity index (χ1v) is 7.41. The maximum Gasteiger partial charge on any atom is 0.173 e. The predicted molar refractivity (Wildman–Crippen MR) is 75.3 cm³/mol. The Morgan fingerprint density at radius 2 is 2.06 bits per heavy atom. The van der Waals surface area contributed by atoms with Gasteiger partial charge in [0, 0.05) is 10.0 Å². The highest BCUT2D eigenvalue weighted by Crippen LogP contribution is 2.18. The minimum atomic E-state index is 0.209. The number of thioether (sulfide) groups is 1. The second-order valence-corrected chi connectivity index (χ2v) is 6.10. The fraction of sp³-hybridized carbons (Fsp3) is 0.462. The molecular formula is C13H17BrOS. The molecule has 0 aliphatic heterocycles. The van der Waals surface area contributed by atoms with E-state index in [1.165, 1.54) is 6.42 Å². The molecule has 88 valence electrons. The molecule has 0 saturated heterocycles. The highest BCUT2D eigenvalue weighted by atomic mass is 79.9. The van der Waals surface area contributed by atoms with Crippen molar-refractivity contribution in [3.05, 3.63) is 34.3 Å². The average Bonchev–Trinajstić information content (AvgIpc) is 2.24. The predicted octanol–water partition coefficient (Wildman–Crippen LogP) is 4.41. The van der Waals surface area contributed by atoms with Crippen molar-refractivity contribution in [2.45, 2.75) is 20.3 Å². The molecule has 3 heteroatoms. The van der Waals surface area contributed by atoms with Gasteiger partial charge in [-0.15, -0.1) is 0 Å². The van der Waals surface area contributed by atoms with Gasteiger partial charge in [0.1, 0.15) is 0 Å². The summed E-state index contributed by atoms with van der Waals surface area (Å²) in [7, 11) is 0. The highest BCUT2D eigenvalue weighted by Gasteiger charge is 2.08. The Hall–Kier alpha value is -0.280. The summed E-state index contributed by atoms with van der Waals surface area (Å²) in [6, 6.07) is 7.60. The first kappa shape index (κ1) is 13.8. The minimum absolute atomic E-state index is 0.209. The second-order valence-electron chi connectivity index (χ2n) is 4.14. The Morgan fingerprint density at radius 3 is 2.69 bits per heavy atom. The Kier molecular flexibility index (Phi) is 6.14. The van der Waals surface area contributed by atoms with E-state index >= 15 is 0 Å². The summed E-state index contributed by atoms with van der Waals surface area (Å²) in [6.45, 7) is 4.41. The van der Waals surface area contributed by atoms with Gasteiger partial charge in [0.15, 0.2) is 5.78 Å². The van der Waals surface area contributed by atoms with Gasteiger partial charge < -0.3 is 0 Å². The third-order valence-corrected chi connectivity index (χ3v) is 3.93. The number of rotatable bonds is 6. The molecule has 0 aliphatic rings. The number of hydrogen-bond acceptors (Lipinski definition) is 2. The molecule has 0 saturated carbocycles. The van der Waals surface area contributed by atoms with E-state index < -0.39 is 0 Å². The van der Waals surface area contributed by atoms with Gasteiger partial charge in [0.05, 0.1) is 5.75 Å². The third kappa shape index (κ3) is 4.71. The van der Waals surface area contributed by atoms with Crippen LogP contribution in [0.15, 0.2) is 28.7 Å². The van der Waals surface area contributed by atoms with E-state index in [9.17, 15) is 4.79 Å². The van der Waals surface area contributed by atoms with Gasteiger partial charge in [-0.2, -0.15) is 11.8 Å². The lowest BCUT2D eigenvalue weighted by molar-refractivity contribution is 0.102. The molecule has 0 aliphatic carbocycles. The fourth-order valence-corrected chi connectivity index (χ4v) is 2.88. The van der Waals surface area contributed by atoms with Crippen molar-refractivity contribution >= 4 is 33.5 Å². The molecule has 0 fully saturated rings. The third-order valence-electron chi connectivity index (χ3n) is 2.25. The van der Waals surface area contributed by atoms with E-state index in [4.69, 9.17) is 0 Å². The molecule has 1 aromatic carbocycles. The zero-order valence-corrected chi connectivity index (χ0v) is 12.1. The van der Waals surface area contributed by atoms with Gasteiger partial charge in [0.2, 0.25) is 0 Å². The van der Waals surface area contributed by atoms with Crippen molar-refractivity contribution in [2.24, 2.45) is 5.92 Å². The van der Waals surface area contributed by atoms with Crippen LogP contribution < -0.4 is 0 Å². The lowest BCUT2D eigenvalue weighted by Crippen LogP contribution is -2.04. The zero-order chi connectivity index (χ0) is 12.0. The normalized spacial score (nSPS) is 10.8. The van der Waals surface area contributed by atoms with Crippen LogP contribution in [-0.2, 0) is 0 Å². The minimum Gasteiger partial charge on any atom is -0.293 e. The molecule has 16 heavy (non-hydrogen) atoms. The molecule has 0 bridgehead atoms. The number of ketones is 1. The van der Waals surface area contributed by atoms with E-state index in [1.807, 2.05) is 24.3 Å². The fourth-order valence-electron chi connectivity index (χ4n) is 1.25. The van der Waals surface area contributed by atoms with E-state index in [0.717, 1.165) is 15.8 Å². The van der Waals surface area contributed by atoms with Crippen LogP contribution in [0.4, 0.5) is 0 Å². The van der Waals surface area contributed by atoms with Crippen molar-refractivity contribution in [2.75, 3.05) is 11.5 Å². The summed E-state index contributed by atoms with van der Waals surface area (Å²) in [6.07, 6.45) is 1.17. The number of Topliss-reactive ketones (excluding diaryl/α,β-unsaturated/α-hetero) is 1. The highest BCUT2D eigenvalue weighted by molar-refractivity contribution is 9.10. The summed E-state index contributed by atoms with van der Waals surface area (Å²) in [5, 5.41) is 0. The monoisotopic (exact) mass is 300 g/mol. The van der Waals surface area contributed by atoms with Gasteiger partial charge in [0.25, 0.3) is 0 Å². The van der Waals surface area contributed by atoms with Gasteiger partial charge in [-0.05, 0) is 24.2 Å². The Labute approximate surface area is 110 Å². The molecule has 0 spiro atoms. The standard InChI is InChI=1S/C13H17BrOS/c1-10(2)7-8-16-9-13(15)11-5-3-4-6-12(11)14/h3-6,10H,7-9H2,1-2H3. The van der Waals surface area contributed by atoms with Crippen molar-refractivity contribution in [3.63, 3.8) is 0 Å². The van der Waals surface area contributed by atoms with Crippen LogP contribution in [0.2, 0.25) is 0 Å². The molecule has 0 heterocycles. The van der Waals surface area contributed by atoms with Crippen molar-refractivity contribution < 1.29 is 4.79 Å². The molecule has 1 rings (SSSR count). The molecular weight excluding hydrogens is 284 g/mol. The van der Waals surface area contributed by atoms with Gasteiger partial charge >= 0.3 is 0 Å². The number of hydrogen-bond donors (Lipinski definition) is 0. The van der Waals surface area contributed by atoms with E-state index in [0.29, 0.717) is 11.7 Å². The molecule has 0 N–H and O–H groups in total. The van der Waals surface area contributed by atoms with Crippen LogP contribution >= 0.6 is 27.7 Å². The molecule has 0 unspecified atom stereocenters. The van der Waals surface area contributed by atoms with Crippen LogP contribution in [0.3, 0.4) is 0 Å². The van der Waals surface area contributed by atoms with Crippen LogP contribution in [0.5, 0.6) is 0 Å². The van der Waals surface area contributed by atoms with Crippen LogP contribution in [0.25, 0.3) is 0 Å². The van der Waals surface area contributed by atoms with Crippen molar-refractivity contribution in [1.29, 1.82) is 0 Å². The summed E-state index contributed by atoms with van der Waals surface area (Å²) >= 11 is 5.12. The summed E-state index contributed by atoms with van der Waals surface area (Å²) in [5.74, 6) is 2.57. The number of halogens is 1. The summed E-state index contributed by atoms with van der Waals surface area (Å²) < 4.78 is 0.893. The Morgan fingerprint density at radius 1 is 1.38 bits per heavy atom. The average molecular weight is 301 g/mol. The van der Waals surface area contributed by atoms with E-state index in [-0.39, 0.29) is 5.78 Å². The van der Waals surface area contributed by atoms with E-state index in [1.54, 1.807) is 11.8 Å². The van der Waals surface area contributed by atoms with Gasteiger partial charge in [-0.1, -0.05) is 48.0 Å². The Balaban J connectivity index is 2.39. The summed E-state index contributed by atoms with van der Waals surface area (Å²) in [4.78, 5) is 11.9. The maximum absolute atomic E-state index is 11.9. The first-order chi connectivity index (χ1) is 7.61. The van der Waals surface area contributed by atoms with Crippen molar-refractivity contribution in [3.8, 4) is 0 Å². The maximum atomic E-state index is 11.9. The number of carbonyl (C=O) groups excluding carboxylic acids is 1. The molecule has 0 atom stereocenters. The first-order valence-electron chi connectivity index (χ1n) is 5.46.